The fraction of sp³-hybridized carbons (Fsp3) is 0.526. The van der Waals surface area contributed by atoms with Crippen LogP contribution in [0.25, 0.3) is 16.6 Å². The molecule has 1 saturated heterocycles. The molecule has 1 aromatic carbocycles. The first-order valence-electron chi connectivity index (χ1n) is 9.20. The van der Waals surface area contributed by atoms with E-state index in [0.29, 0.717) is 11.5 Å². The molecule has 138 valence electrons. The molecule has 0 radical (unpaired) electrons. The molecule has 1 N–H and O–H groups in total. The number of fused-ring (bicyclic) bond motifs is 3. The summed E-state index contributed by atoms with van der Waals surface area (Å²) in [4.78, 5) is 6.34. The normalized spacial score (nSPS) is 20.6. The standard InChI is InChI=1S/C19H25N5O2/c1-12-6-5-7-23(10-12)11-18-21-22-19-14-8-16(25-3)17(26-4)9-15(14)20-13(2)24(18)19/h8-9,12H,5-7,10-11H2,1-4H3/p+1/t12-/m1/s1. The molecular weight excluding hydrogens is 330 g/mol. The van der Waals surface area contributed by atoms with Crippen molar-refractivity contribution in [2.75, 3.05) is 27.3 Å². The number of nitrogens with zero attached hydrogens (tertiary/aromatic N) is 4. The Labute approximate surface area is 152 Å². The number of rotatable bonds is 4. The summed E-state index contributed by atoms with van der Waals surface area (Å²) in [6.45, 7) is 7.61. The van der Waals surface area contributed by atoms with Crippen molar-refractivity contribution in [3.05, 3.63) is 23.8 Å². The number of methoxy groups -OCH3 is 2. The number of nitrogens with one attached hydrogen (secondary N) is 1. The Kier molecular flexibility index (Phi) is 4.40. The third kappa shape index (κ3) is 2.86. The van der Waals surface area contributed by atoms with E-state index in [9.17, 15) is 0 Å². The van der Waals surface area contributed by atoms with Crippen LogP contribution in [-0.2, 0) is 6.54 Å². The van der Waals surface area contributed by atoms with Crippen LogP contribution in [0.5, 0.6) is 11.5 Å². The topological polar surface area (TPSA) is 66.0 Å². The van der Waals surface area contributed by atoms with Crippen molar-refractivity contribution in [1.29, 1.82) is 0 Å². The monoisotopic (exact) mass is 356 g/mol. The maximum Gasteiger partial charge on any atom is 0.194 e. The van der Waals surface area contributed by atoms with Gasteiger partial charge in [0.1, 0.15) is 12.4 Å². The van der Waals surface area contributed by atoms with Gasteiger partial charge in [0.25, 0.3) is 0 Å². The molecule has 2 atom stereocenters. The summed E-state index contributed by atoms with van der Waals surface area (Å²) in [5.41, 5.74) is 1.67. The lowest BCUT2D eigenvalue weighted by Gasteiger charge is -2.27. The molecule has 2 aromatic heterocycles. The van der Waals surface area contributed by atoms with Crippen LogP contribution in [0.2, 0.25) is 0 Å². The van der Waals surface area contributed by atoms with E-state index in [1.807, 2.05) is 19.1 Å². The van der Waals surface area contributed by atoms with Gasteiger partial charge in [-0.3, -0.25) is 4.40 Å². The number of likely N-dealkylation sites (tertiary alicyclic amines) is 1. The van der Waals surface area contributed by atoms with E-state index in [2.05, 4.69) is 21.5 Å². The maximum atomic E-state index is 5.45. The quantitative estimate of drug-likeness (QED) is 0.766. The zero-order chi connectivity index (χ0) is 18.3. The molecule has 26 heavy (non-hydrogen) atoms. The Balaban J connectivity index is 1.81. The SMILES string of the molecule is COc1cc2nc(C)n3c(C[NH+]4CCC[C@@H](C)C4)nnc3c2cc1OC. The van der Waals surface area contributed by atoms with Crippen molar-refractivity contribution in [1.82, 2.24) is 19.6 Å². The van der Waals surface area contributed by atoms with Gasteiger partial charge in [0.2, 0.25) is 0 Å². The van der Waals surface area contributed by atoms with Crippen molar-refractivity contribution in [2.24, 2.45) is 5.92 Å². The summed E-state index contributed by atoms with van der Waals surface area (Å²) in [5, 5.41) is 9.91. The Hall–Kier alpha value is -2.41. The highest BCUT2D eigenvalue weighted by Gasteiger charge is 2.23. The third-order valence-electron chi connectivity index (χ3n) is 5.35. The van der Waals surface area contributed by atoms with Crippen molar-refractivity contribution in [3.8, 4) is 11.5 Å². The van der Waals surface area contributed by atoms with Crippen LogP contribution >= 0.6 is 0 Å². The lowest BCUT2D eigenvalue weighted by Crippen LogP contribution is -3.12. The lowest BCUT2D eigenvalue weighted by molar-refractivity contribution is -0.922. The van der Waals surface area contributed by atoms with Crippen LogP contribution < -0.4 is 14.4 Å². The van der Waals surface area contributed by atoms with E-state index in [1.54, 1.807) is 19.1 Å². The zero-order valence-corrected chi connectivity index (χ0v) is 15.9. The third-order valence-corrected chi connectivity index (χ3v) is 5.35. The largest absolute Gasteiger partial charge is 0.493 e. The van der Waals surface area contributed by atoms with Crippen LogP contribution in [0.4, 0.5) is 0 Å². The highest BCUT2D eigenvalue weighted by molar-refractivity contribution is 5.93. The van der Waals surface area contributed by atoms with Crippen molar-refractivity contribution < 1.29 is 14.4 Å². The number of aromatic nitrogens is 4. The summed E-state index contributed by atoms with van der Waals surface area (Å²) in [6.07, 6.45) is 2.61. The van der Waals surface area contributed by atoms with E-state index in [1.165, 1.54) is 25.9 Å². The lowest BCUT2D eigenvalue weighted by atomic mass is 10.0. The van der Waals surface area contributed by atoms with Gasteiger partial charge in [0, 0.05) is 17.4 Å². The highest BCUT2D eigenvalue weighted by atomic mass is 16.5. The number of aryl methyl sites for hydroxylation is 1. The molecule has 3 heterocycles. The Morgan fingerprint density at radius 2 is 1.96 bits per heavy atom. The molecule has 0 aliphatic carbocycles. The molecule has 7 nitrogen and oxygen atoms in total. The second kappa shape index (κ2) is 6.72. The Bertz CT molecular complexity index is 952. The van der Waals surface area contributed by atoms with Crippen LogP contribution in [0.15, 0.2) is 12.1 Å². The van der Waals surface area contributed by atoms with Gasteiger partial charge in [0.15, 0.2) is 23.0 Å². The fourth-order valence-electron chi connectivity index (χ4n) is 4.09. The molecule has 7 heteroatoms. The van der Waals surface area contributed by atoms with E-state index in [0.717, 1.165) is 40.7 Å². The van der Waals surface area contributed by atoms with E-state index < -0.39 is 0 Å². The van der Waals surface area contributed by atoms with Crippen molar-refractivity contribution in [2.45, 2.75) is 33.2 Å². The second-order valence-electron chi connectivity index (χ2n) is 7.29. The first-order chi connectivity index (χ1) is 12.6. The minimum absolute atomic E-state index is 0.669. The smallest absolute Gasteiger partial charge is 0.194 e. The van der Waals surface area contributed by atoms with Crippen molar-refractivity contribution >= 4 is 16.6 Å². The molecule has 0 saturated carbocycles. The number of piperidine rings is 1. The maximum absolute atomic E-state index is 5.45. The molecule has 0 bridgehead atoms. The van der Waals surface area contributed by atoms with Gasteiger partial charge in [-0.05, 0) is 25.8 Å². The molecule has 0 spiro atoms. The fourth-order valence-corrected chi connectivity index (χ4v) is 4.09. The van der Waals surface area contributed by atoms with Crippen LogP contribution in [-0.4, -0.2) is 46.9 Å². The van der Waals surface area contributed by atoms with Crippen LogP contribution in [0, 0.1) is 12.8 Å². The first kappa shape index (κ1) is 17.0. The van der Waals surface area contributed by atoms with Crippen molar-refractivity contribution in [3.63, 3.8) is 0 Å². The Morgan fingerprint density at radius 1 is 1.19 bits per heavy atom. The predicted molar refractivity (Wildman–Crippen MR) is 98.9 cm³/mol. The molecule has 1 fully saturated rings. The van der Waals surface area contributed by atoms with Gasteiger partial charge in [-0.1, -0.05) is 6.92 Å². The summed E-state index contributed by atoms with van der Waals surface area (Å²) in [7, 11) is 3.27. The highest BCUT2D eigenvalue weighted by Crippen LogP contribution is 2.33. The van der Waals surface area contributed by atoms with Gasteiger partial charge in [0.05, 0.1) is 32.8 Å². The molecule has 3 aromatic rings. The summed E-state index contributed by atoms with van der Waals surface area (Å²) < 4.78 is 12.9. The van der Waals surface area contributed by atoms with E-state index >= 15 is 0 Å². The summed E-state index contributed by atoms with van der Waals surface area (Å²) >= 11 is 0. The van der Waals surface area contributed by atoms with E-state index in [-0.39, 0.29) is 0 Å². The number of hydrogen-bond acceptors (Lipinski definition) is 5. The number of ether oxygens (including phenoxy) is 2. The average Bonchev–Trinajstić information content (AvgIpc) is 3.05. The minimum Gasteiger partial charge on any atom is -0.493 e. The summed E-state index contributed by atoms with van der Waals surface area (Å²) in [5.74, 6) is 3.99. The first-order valence-corrected chi connectivity index (χ1v) is 9.20. The molecule has 1 aliphatic heterocycles. The molecule has 0 amide bonds. The second-order valence-corrected chi connectivity index (χ2v) is 7.29. The zero-order valence-electron chi connectivity index (χ0n) is 15.9. The van der Waals surface area contributed by atoms with Crippen LogP contribution in [0.1, 0.15) is 31.4 Å². The van der Waals surface area contributed by atoms with Gasteiger partial charge >= 0.3 is 0 Å². The molecule has 1 unspecified atom stereocenters. The van der Waals surface area contributed by atoms with E-state index in [4.69, 9.17) is 14.5 Å². The van der Waals surface area contributed by atoms with Gasteiger partial charge in [-0.2, -0.15) is 0 Å². The number of quaternary nitrogens is 1. The molecule has 4 rings (SSSR count). The van der Waals surface area contributed by atoms with Gasteiger partial charge in [-0.15, -0.1) is 10.2 Å². The predicted octanol–water partition coefficient (Wildman–Crippen LogP) is 1.42. The molecular formula is C19H26N5O2+. The number of hydrogen-bond donors (Lipinski definition) is 1. The molecule has 1 aliphatic rings. The Morgan fingerprint density at radius 3 is 2.69 bits per heavy atom. The number of benzene rings is 1. The van der Waals surface area contributed by atoms with Crippen LogP contribution in [0.3, 0.4) is 0 Å². The average molecular weight is 356 g/mol. The summed E-state index contributed by atoms with van der Waals surface area (Å²) in [6, 6.07) is 3.83. The van der Waals surface area contributed by atoms with Gasteiger partial charge in [-0.25, -0.2) is 4.98 Å². The van der Waals surface area contributed by atoms with Gasteiger partial charge < -0.3 is 14.4 Å². The minimum atomic E-state index is 0.669.